The number of thiazole rings is 1. The van der Waals surface area contributed by atoms with Crippen molar-refractivity contribution in [3.63, 3.8) is 0 Å². The predicted molar refractivity (Wildman–Crippen MR) is 106 cm³/mol. The Hall–Kier alpha value is -3.32. The van der Waals surface area contributed by atoms with Crippen LogP contribution >= 0.6 is 11.3 Å². The molecule has 3 aromatic rings. The molecule has 3 rings (SSSR count). The molecule has 1 amide bonds. The Morgan fingerprint density at radius 1 is 1.09 bits per heavy atom. The van der Waals surface area contributed by atoms with Crippen molar-refractivity contribution in [1.82, 2.24) is 4.98 Å². The van der Waals surface area contributed by atoms with Crippen LogP contribution < -0.4 is 5.32 Å². The number of ether oxygens (including phenoxy) is 1. The van der Waals surface area contributed by atoms with Gasteiger partial charge in [-0.15, -0.1) is 11.3 Å². The second-order valence-corrected chi connectivity index (χ2v) is 8.89. The molecule has 13 heteroatoms. The molecule has 0 saturated heterocycles. The molecule has 0 fully saturated rings. The van der Waals surface area contributed by atoms with Crippen molar-refractivity contribution in [2.75, 3.05) is 11.9 Å². The summed E-state index contributed by atoms with van der Waals surface area (Å²) >= 11 is 0.933. The van der Waals surface area contributed by atoms with E-state index >= 15 is 0 Å². The Morgan fingerprint density at radius 2 is 1.78 bits per heavy atom. The van der Waals surface area contributed by atoms with Crippen molar-refractivity contribution in [3.8, 4) is 11.3 Å². The summed E-state index contributed by atoms with van der Waals surface area (Å²) in [6.07, 6.45) is 0. The molecule has 0 aliphatic carbocycles. The minimum atomic E-state index is -4.80. The lowest BCUT2D eigenvalue weighted by atomic mass is 10.1. The quantitative estimate of drug-likeness (QED) is 0.400. The smallest absolute Gasteiger partial charge is 0.341 e. The number of hydrogen-bond donors (Lipinski definition) is 1. The van der Waals surface area contributed by atoms with E-state index in [1.807, 2.05) is 0 Å². The minimum absolute atomic E-state index is 0.0475. The summed E-state index contributed by atoms with van der Waals surface area (Å²) in [7, 11) is -4.80. The Kier molecular flexibility index (Phi) is 6.89. The highest BCUT2D eigenvalue weighted by Crippen LogP contribution is 2.27. The lowest BCUT2D eigenvalue weighted by Crippen LogP contribution is -2.21. The van der Waals surface area contributed by atoms with Crippen LogP contribution in [-0.4, -0.2) is 37.6 Å². The van der Waals surface area contributed by atoms with Gasteiger partial charge in [0.15, 0.2) is 11.7 Å². The monoisotopic (exact) mass is 488 g/mol. The van der Waals surface area contributed by atoms with Crippen molar-refractivity contribution in [2.45, 2.75) is 10.7 Å². The van der Waals surface area contributed by atoms with E-state index in [0.29, 0.717) is 0 Å². The molecule has 0 atom stereocenters. The van der Waals surface area contributed by atoms with Crippen LogP contribution in [0.25, 0.3) is 11.3 Å². The van der Waals surface area contributed by atoms with Crippen LogP contribution in [-0.2, 0) is 19.4 Å². The SMILES string of the molecule is O=C(COC(=O)c1ccc(S(=O)(=O)C(F)F)cc1)Nc1nc(-c2cc(F)ccc2F)cs1. The van der Waals surface area contributed by atoms with Gasteiger partial charge in [0.05, 0.1) is 16.2 Å². The van der Waals surface area contributed by atoms with Crippen LogP contribution in [0, 0.1) is 11.6 Å². The number of benzene rings is 2. The van der Waals surface area contributed by atoms with E-state index in [2.05, 4.69) is 10.3 Å². The van der Waals surface area contributed by atoms with Crippen LogP contribution in [0.1, 0.15) is 10.4 Å². The number of sulfone groups is 1. The van der Waals surface area contributed by atoms with Crippen molar-refractivity contribution < 1.29 is 40.3 Å². The normalized spacial score (nSPS) is 11.4. The molecule has 1 heterocycles. The van der Waals surface area contributed by atoms with Gasteiger partial charge in [-0.05, 0) is 42.5 Å². The van der Waals surface area contributed by atoms with E-state index < -0.39 is 50.6 Å². The van der Waals surface area contributed by atoms with Crippen molar-refractivity contribution in [2.24, 2.45) is 0 Å². The third-order valence-corrected chi connectivity index (χ3v) is 6.10. The Morgan fingerprint density at radius 3 is 2.44 bits per heavy atom. The zero-order valence-electron chi connectivity index (χ0n) is 15.7. The molecule has 168 valence electrons. The molecule has 32 heavy (non-hydrogen) atoms. The number of nitrogens with zero attached hydrogens (tertiary/aromatic N) is 1. The van der Waals surface area contributed by atoms with Crippen molar-refractivity contribution in [1.29, 1.82) is 0 Å². The first-order valence-electron chi connectivity index (χ1n) is 8.58. The number of nitrogens with one attached hydrogen (secondary N) is 1. The topological polar surface area (TPSA) is 102 Å². The summed E-state index contributed by atoms with van der Waals surface area (Å²) in [6, 6.07) is 6.42. The van der Waals surface area contributed by atoms with E-state index in [1.165, 1.54) is 5.38 Å². The highest BCUT2D eigenvalue weighted by atomic mass is 32.2. The minimum Gasteiger partial charge on any atom is -0.452 e. The van der Waals surface area contributed by atoms with E-state index in [1.54, 1.807) is 0 Å². The van der Waals surface area contributed by atoms with E-state index in [0.717, 1.165) is 53.8 Å². The maximum absolute atomic E-state index is 13.8. The van der Waals surface area contributed by atoms with Crippen LogP contribution in [0.5, 0.6) is 0 Å². The van der Waals surface area contributed by atoms with Crippen molar-refractivity contribution in [3.05, 3.63) is 65.0 Å². The third kappa shape index (κ3) is 5.29. The number of anilines is 1. The number of hydrogen-bond acceptors (Lipinski definition) is 7. The van der Waals surface area contributed by atoms with Crippen LogP contribution in [0.3, 0.4) is 0 Å². The molecule has 0 radical (unpaired) electrons. The lowest BCUT2D eigenvalue weighted by molar-refractivity contribution is -0.119. The number of aromatic nitrogens is 1. The molecule has 0 saturated carbocycles. The maximum atomic E-state index is 13.8. The number of amides is 1. The Labute approximate surface area is 182 Å². The fraction of sp³-hybridized carbons (Fsp3) is 0.105. The summed E-state index contributed by atoms with van der Waals surface area (Å²) in [5, 5.41) is 3.77. The standard InChI is InChI=1S/C19H12F4N2O5S2/c20-11-3-6-14(21)13(7-11)15-9-31-19(24-15)25-16(26)8-30-17(27)10-1-4-12(5-2-10)32(28,29)18(22)23/h1-7,9,18H,8H2,(H,24,25,26). The average Bonchev–Trinajstić information content (AvgIpc) is 3.21. The van der Waals surface area contributed by atoms with Gasteiger partial charge >= 0.3 is 11.7 Å². The number of rotatable bonds is 7. The zero-order chi connectivity index (χ0) is 23.5. The third-order valence-electron chi connectivity index (χ3n) is 3.94. The van der Waals surface area contributed by atoms with Gasteiger partial charge in [0.1, 0.15) is 11.6 Å². The van der Waals surface area contributed by atoms with E-state index in [4.69, 9.17) is 4.74 Å². The van der Waals surface area contributed by atoms with Gasteiger partial charge in [0.2, 0.25) is 9.84 Å². The van der Waals surface area contributed by atoms with Gasteiger partial charge in [-0.1, -0.05) is 0 Å². The van der Waals surface area contributed by atoms with Crippen molar-refractivity contribution >= 4 is 38.2 Å². The number of halogens is 4. The summed E-state index contributed by atoms with van der Waals surface area (Å²) in [4.78, 5) is 27.2. The summed E-state index contributed by atoms with van der Waals surface area (Å²) in [5.41, 5.74) is -0.159. The zero-order valence-corrected chi connectivity index (χ0v) is 17.4. The van der Waals surface area contributed by atoms with Crippen LogP contribution in [0.15, 0.2) is 52.7 Å². The highest BCUT2D eigenvalue weighted by molar-refractivity contribution is 7.91. The molecule has 1 N–H and O–H groups in total. The van der Waals surface area contributed by atoms with Gasteiger partial charge < -0.3 is 4.74 Å². The van der Waals surface area contributed by atoms with Gasteiger partial charge in [-0.3, -0.25) is 10.1 Å². The van der Waals surface area contributed by atoms with Gasteiger partial charge in [0.25, 0.3) is 5.91 Å². The lowest BCUT2D eigenvalue weighted by Gasteiger charge is -2.06. The predicted octanol–water partition coefficient (Wildman–Crippen LogP) is 3.88. The Balaban J connectivity index is 1.58. The maximum Gasteiger partial charge on any atom is 0.341 e. The molecule has 2 aromatic carbocycles. The van der Waals surface area contributed by atoms with Crippen LogP contribution in [0.4, 0.5) is 22.7 Å². The second-order valence-electron chi connectivity index (χ2n) is 6.12. The Bertz CT molecular complexity index is 1260. The van der Waals surface area contributed by atoms with Gasteiger partial charge in [0, 0.05) is 10.9 Å². The molecule has 0 spiro atoms. The molecule has 0 aliphatic rings. The highest BCUT2D eigenvalue weighted by Gasteiger charge is 2.26. The second kappa shape index (κ2) is 9.44. The largest absolute Gasteiger partial charge is 0.452 e. The molecule has 0 bridgehead atoms. The van der Waals surface area contributed by atoms with Crippen LogP contribution in [0.2, 0.25) is 0 Å². The fourth-order valence-corrected chi connectivity index (χ4v) is 3.85. The van der Waals surface area contributed by atoms with E-state index in [-0.39, 0.29) is 22.0 Å². The number of carbonyl (C=O) groups excluding carboxylic acids is 2. The first kappa shape index (κ1) is 23.3. The number of esters is 1. The molecule has 7 nitrogen and oxygen atoms in total. The molecule has 0 aliphatic heterocycles. The molecule has 0 unspecified atom stereocenters. The van der Waals surface area contributed by atoms with E-state index in [9.17, 15) is 35.6 Å². The average molecular weight is 488 g/mol. The van der Waals surface area contributed by atoms with Gasteiger partial charge in [-0.2, -0.15) is 8.78 Å². The number of alkyl halides is 2. The first-order valence-corrected chi connectivity index (χ1v) is 11.0. The number of carbonyl (C=O) groups is 2. The summed E-state index contributed by atoms with van der Waals surface area (Å²) in [5.74, 6) is -6.74. The fourth-order valence-electron chi connectivity index (χ4n) is 2.40. The molecular formula is C19H12F4N2O5S2. The summed E-state index contributed by atoms with van der Waals surface area (Å²) < 4.78 is 79.7. The molecular weight excluding hydrogens is 476 g/mol. The van der Waals surface area contributed by atoms with Gasteiger partial charge in [-0.25, -0.2) is 27.0 Å². The molecule has 1 aromatic heterocycles. The summed E-state index contributed by atoms with van der Waals surface area (Å²) in [6.45, 7) is -0.737. The first-order chi connectivity index (χ1) is 15.1.